The van der Waals surface area contributed by atoms with Crippen molar-refractivity contribution in [2.45, 2.75) is 70.9 Å². The molecule has 10 heteroatoms. The standard InChI is InChI=1S/C33H34F6S2Si2/c1-19-25(17-27(40-19)21-9-13-23(14-10-21)42(3,4)5)29-30(32(36,37)33(38,39)31(29,34)35)26-18-28(41-20(26)2)22-11-15-24(16-12-22)43(6,7)8/h9-18H,1-8H3. The fraction of sp³-hybridized carbons (Fsp3) is 0.333. The van der Waals surface area contributed by atoms with Gasteiger partial charge in [-0.15, -0.1) is 22.7 Å². The van der Waals surface area contributed by atoms with Crippen molar-refractivity contribution in [1.29, 1.82) is 0 Å². The van der Waals surface area contributed by atoms with Crippen LogP contribution in [0.4, 0.5) is 26.3 Å². The first-order valence-electron chi connectivity index (χ1n) is 14.0. The minimum absolute atomic E-state index is 0.266. The monoisotopic (exact) mass is 664 g/mol. The van der Waals surface area contributed by atoms with Crippen LogP contribution >= 0.6 is 22.7 Å². The molecule has 0 fully saturated rings. The van der Waals surface area contributed by atoms with Crippen LogP contribution in [0.3, 0.4) is 0 Å². The molecular formula is C33H34F6S2Si2. The molecule has 0 saturated heterocycles. The molecule has 0 spiro atoms. The molecule has 0 amide bonds. The molecule has 2 aromatic heterocycles. The minimum atomic E-state index is -5.59. The van der Waals surface area contributed by atoms with E-state index in [1.165, 1.54) is 36.4 Å². The van der Waals surface area contributed by atoms with Crippen LogP contribution in [0.2, 0.25) is 39.3 Å². The van der Waals surface area contributed by atoms with Crippen LogP contribution in [-0.4, -0.2) is 33.9 Å². The fourth-order valence-electron chi connectivity index (χ4n) is 5.45. The van der Waals surface area contributed by atoms with Crippen molar-refractivity contribution in [3.63, 3.8) is 0 Å². The molecule has 2 aromatic carbocycles. The first kappa shape index (κ1) is 32.0. The predicted octanol–water partition coefficient (Wildman–Crippen LogP) is 10.7. The maximum atomic E-state index is 15.6. The molecule has 0 aliphatic heterocycles. The smallest absolute Gasteiger partial charge is 0.194 e. The van der Waals surface area contributed by atoms with E-state index >= 15 is 26.3 Å². The van der Waals surface area contributed by atoms with Crippen molar-refractivity contribution in [3.8, 4) is 20.9 Å². The molecule has 228 valence electrons. The Balaban J connectivity index is 1.68. The van der Waals surface area contributed by atoms with Crippen LogP contribution in [0.25, 0.3) is 32.0 Å². The van der Waals surface area contributed by atoms with Crippen LogP contribution in [0.5, 0.6) is 0 Å². The summed E-state index contributed by atoms with van der Waals surface area (Å²) in [6.07, 6.45) is 0. The topological polar surface area (TPSA) is 0 Å². The van der Waals surface area contributed by atoms with Crippen molar-refractivity contribution >= 4 is 60.3 Å². The highest BCUT2D eigenvalue weighted by molar-refractivity contribution is 7.16. The second kappa shape index (κ2) is 10.3. The van der Waals surface area contributed by atoms with E-state index in [2.05, 4.69) is 39.3 Å². The molecule has 1 aliphatic rings. The van der Waals surface area contributed by atoms with Gasteiger partial charge in [0.15, 0.2) is 0 Å². The van der Waals surface area contributed by atoms with Gasteiger partial charge in [-0.05, 0) is 48.2 Å². The van der Waals surface area contributed by atoms with Crippen LogP contribution in [0, 0.1) is 13.8 Å². The highest BCUT2D eigenvalue weighted by Gasteiger charge is 2.80. The van der Waals surface area contributed by atoms with Gasteiger partial charge < -0.3 is 0 Å². The summed E-state index contributed by atoms with van der Waals surface area (Å²) in [5.74, 6) is -15.7. The summed E-state index contributed by atoms with van der Waals surface area (Å²) in [5.41, 5.74) is -1.67. The number of hydrogen-bond acceptors (Lipinski definition) is 2. The number of halogens is 6. The van der Waals surface area contributed by atoms with Crippen LogP contribution < -0.4 is 10.4 Å². The largest absolute Gasteiger partial charge is 0.380 e. The quantitative estimate of drug-likeness (QED) is 0.142. The first-order chi connectivity index (χ1) is 19.7. The molecule has 0 radical (unpaired) electrons. The van der Waals surface area contributed by atoms with Crippen molar-refractivity contribution < 1.29 is 26.3 Å². The molecule has 0 atom stereocenters. The first-order valence-corrected chi connectivity index (χ1v) is 22.6. The second-order valence-electron chi connectivity index (χ2n) is 13.3. The zero-order chi connectivity index (χ0) is 31.9. The maximum absolute atomic E-state index is 15.6. The Bertz CT molecular complexity index is 1590. The lowest BCUT2D eigenvalue weighted by Gasteiger charge is -2.25. The summed E-state index contributed by atoms with van der Waals surface area (Å²) in [6.45, 7) is 16.2. The lowest BCUT2D eigenvalue weighted by Crippen LogP contribution is -2.48. The Hall–Kier alpha value is -2.41. The summed E-state index contributed by atoms with van der Waals surface area (Å²) in [5, 5.41) is 2.41. The SMILES string of the molecule is Cc1sc(-c2ccc([Si](C)(C)C)cc2)cc1C1=C(c2cc(-c3ccc([Si](C)(C)C)cc3)sc2C)C(F)(F)C(F)(F)C1(F)F. The molecule has 2 heterocycles. The molecule has 0 nitrogen and oxygen atoms in total. The molecule has 0 bridgehead atoms. The highest BCUT2D eigenvalue weighted by Crippen LogP contribution is 2.66. The maximum Gasteiger partial charge on any atom is 0.380 e. The van der Waals surface area contributed by atoms with Crippen molar-refractivity contribution in [1.82, 2.24) is 0 Å². The van der Waals surface area contributed by atoms with Gasteiger partial charge in [-0.2, -0.15) is 26.3 Å². The Kier molecular flexibility index (Phi) is 7.68. The Labute approximate surface area is 259 Å². The highest BCUT2D eigenvalue weighted by atomic mass is 32.1. The van der Waals surface area contributed by atoms with Crippen LogP contribution in [0.1, 0.15) is 20.9 Å². The summed E-state index contributed by atoms with van der Waals surface area (Å²) >= 11 is 2.27. The zero-order valence-corrected chi connectivity index (χ0v) is 29.0. The van der Waals surface area contributed by atoms with E-state index in [9.17, 15) is 0 Å². The molecular weight excluding hydrogens is 631 g/mol. The third-order valence-electron chi connectivity index (χ3n) is 8.11. The van der Waals surface area contributed by atoms with Gasteiger partial charge in [0, 0.05) is 30.7 Å². The van der Waals surface area contributed by atoms with E-state index in [0.29, 0.717) is 9.75 Å². The van der Waals surface area contributed by atoms with E-state index in [1.54, 1.807) is 0 Å². The Morgan fingerprint density at radius 3 is 1.09 bits per heavy atom. The van der Waals surface area contributed by atoms with E-state index in [4.69, 9.17) is 0 Å². The average molecular weight is 665 g/mol. The Morgan fingerprint density at radius 2 is 0.814 bits per heavy atom. The third kappa shape index (κ3) is 5.21. The van der Waals surface area contributed by atoms with Crippen molar-refractivity contribution in [2.24, 2.45) is 0 Å². The third-order valence-corrected chi connectivity index (χ3v) is 14.4. The molecule has 5 rings (SSSR count). The lowest BCUT2D eigenvalue weighted by molar-refractivity contribution is -0.254. The molecule has 0 unspecified atom stereocenters. The lowest BCUT2D eigenvalue weighted by atomic mass is 9.94. The predicted molar refractivity (Wildman–Crippen MR) is 177 cm³/mol. The van der Waals surface area contributed by atoms with Gasteiger partial charge in [0.05, 0.1) is 16.1 Å². The number of benzene rings is 2. The van der Waals surface area contributed by atoms with Gasteiger partial charge in [0.2, 0.25) is 0 Å². The van der Waals surface area contributed by atoms with E-state index in [1.807, 2.05) is 48.5 Å². The van der Waals surface area contributed by atoms with Gasteiger partial charge in [-0.1, -0.05) is 98.2 Å². The molecule has 43 heavy (non-hydrogen) atoms. The van der Waals surface area contributed by atoms with Crippen molar-refractivity contribution in [3.05, 3.63) is 81.5 Å². The number of aryl methyl sites for hydroxylation is 2. The summed E-state index contributed by atoms with van der Waals surface area (Å²) in [7, 11) is -3.18. The molecule has 4 aromatic rings. The molecule has 1 aliphatic carbocycles. The van der Waals surface area contributed by atoms with Gasteiger partial charge >= 0.3 is 17.8 Å². The molecule has 0 saturated carbocycles. The summed E-state index contributed by atoms with van der Waals surface area (Å²) in [4.78, 5) is 1.67. The number of rotatable bonds is 6. The van der Waals surface area contributed by atoms with Crippen LogP contribution in [0.15, 0.2) is 60.7 Å². The summed E-state index contributed by atoms with van der Waals surface area (Å²) < 4.78 is 92.7. The number of hydrogen-bond donors (Lipinski definition) is 0. The van der Waals surface area contributed by atoms with Crippen LogP contribution in [-0.2, 0) is 0 Å². The average Bonchev–Trinajstić information content (AvgIpc) is 3.50. The molecule has 0 N–H and O–H groups in total. The van der Waals surface area contributed by atoms with Crippen molar-refractivity contribution in [2.75, 3.05) is 0 Å². The number of alkyl halides is 6. The minimum Gasteiger partial charge on any atom is -0.194 e. The van der Waals surface area contributed by atoms with E-state index in [-0.39, 0.29) is 20.9 Å². The van der Waals surface area contributed by atoms with Gasteiger partial charge in [0.25, 0.3) is 0 Å². The Morgan fingerprint density at radius 1 is 0.512 bits per heavy atom. The van der Waals surface area contributed by atoms with E-state index < -0.39 is 45.1 Å². The zero-order valence-electron chi connectivity index (χ0n) is 25.4. The normalized spacial score (nSPS) is 18.0. The number of thiophene rings is 2. The van der Waals surface area contributed by atoms with Gasteiger partial charge in [0.1, 0.15) is 0 Å². The van der Waals surface area contributed by atoms with Gasteiger partial charge in [-0.25, -0.2) is 0 Å². The summed E-state index contributed by atoms with van der Waals surface area (Å²) in [6, 6.07) is 18.2. The fourth-order valence-corrected chi connectivity index (χ4v) is 9.84. The van der Waals surface area contributed by atoms with Gasteiger partial charge in [-0.3, -0.25) is 0 Å². The second-order valence-corrected chi connectivity index (χ2v) is 26.0. The number of allylic oxidation sites excluding steroid dienone is 2. The van der Waals surface area contributed by atoms with E-state index in [0.717, 1.165) is 33.8 Å².